The van der Waals surface area contributed by atoms with E-state index in [2.05, 4.69) is 46.4 Å². The number of aryl methyl sites for hydroxylation is 1. The average molecular weight is 324 g/mol. The minimum atomic E-state index is -0.165. The van der Waals surface area contributed by atoms with Gasteiger partial charge in [0.2, 0.25) is 0 Å². The summed E-state index contributed by atoms with van der Waals surface area (Å²) in [5, 5.41) is 8.55. The molecule has 0 aliphatic carbocycles. The molecule has 1 atom stereocenters. The average Bonchev–Trinajstić information content (AvgIpc) is 3.32. The molecule has 0 N–H and O–H groups in total. The number of benzene rings is 1. The Kier molecular flexibility index (Phi) is 4.15. The van der Waals surface area contributed by atoms with Gasteiger partial charge in [-0.15, -0.1) is 5.10 Å². The van der Waals surface area contributed by atoms with Crippen molar-refractivity contribution in [1.82, 2.24) is 19.9 Å². The van der Waals surface area contributed by atoms with E-state index in [1.54, 1.807) is 6.26 Å². The standard InChI is InChI=1S/C18H20N4O2/c1-14-4-6-15(7-5-14)11-22-13-17(19-20-22)18-21(8-10-24-18)12-16-3-2-9-23-16/h2-7,9,13,18H,8,10-12H2,1H3. The first-order chi connectivity index (χ1) is 11.8. The lowest BCUT2D eigenvalue weighted by Gasteiger charge is -2.19. The molecule has 4 rings (SSSR count). The number of furan rings is 1. The fourth-order valence-electron chi connectivity index (χ4n) is 2.93. The van der Waals surface area contributed by atoms with Gasteiger partial charge < -0.3 is 9.15 Å². The Morgan fingerprint density at radius 3 is 2.83 bits per heavy atom. The molecule has 1 fully saturated rings. The van der Waals surface area contributed by atoms with Gasteiger partial charge in [0, 0.05) is 6.54 Å². The van der Waals surface area contributed by atoms with E-state index < -0.39 is 0 Å². The fourth-order valence-corrected chi connectivity index (χ4v) is 2.93. The first-order valence-corrected chi connectivity index (χ1v) is 8.11. The molecule has 6 nitrogen and oxygen atoms in total. The van der Waals surface area contributed by atoms with Crippen LogP contribution in [0.2, 0.25) is 0 Å². The fraction of sp³-hybridized carbons (Fsp3) is 0.333. The summed E-state index contributed by atoms with van der Waals surface area (Å²) in [6.07, 6.45) is 3.49. The van der Waals surface area contributed by atoms with Crippen LogP contribution in [0.4, 0.5) is 0 Å². The largest absolute Gasteiger partial charge is 0.468 e. The Balaban J connectivity index is 1.46. The second kappa shape index (κ2) is 6.59. The molecule has 1 aliphatic heterocycles. The maximum atomic E-state index is 5.85. The van der Waals surface area contributed by atoms with Crippen LogP contribution in [0.1, 0.15) is 28.8 Å². The molecule has 6 heteroatoms. The van der Waals surface area contributed by atoms with E-state index in [0.717, 1.165) is 18.0 Å². The molecule has 0 bridgehead atoms. The van der Waals surface area contributed by atoms with Crippen molar-refractivity contribution in [2.75, 3.05) is 13.2 Å². The summed E-state index contributed by atoms with van der Waals surface area (Å²) >= 11 is 0. The van der Waals surface area contributed by atoms with Crippen molar-refractivity contribution >= 4 is 0 Å². The second-order valence-corrected chi connectivity index (χ2v) is 6.10. The van der Waals surface area contributed by atoms with E-state index in [-0.39, 0.29) is 6.23 Å². The topological polar surface area (TPSA) is 56.3 Å². The first-order valence-electron chi connectivity index (χ1n) is 8.11. The third kappa shape index (κ3) is 3.25. The van der Waals surface area contributed by atoms with E-state index in [4.69, 9.17) is 9.15 Å². The zero-order valence-corrected chi connectivity index (χ0v) is 13.6. The minimum absolute atomic E-state index is 0.165. The van der Waals surface area contributed by atoms with Crippen LogP contribution in [-0.2, 0) is 17.8 Å². The summed E-state index contributed by atoms with van der Waals surface area (Å²) in [5.74, 6) is 0.928. The molecular formula is C18H20N4O2. The van der Waals surface area contributed by atoms with Gasteiger partial charge >= 0.3 is 0 Å². The normalized spacial score (nSPS) is 18.3. The molecular weight excluding hydrogens is 304 g/mol. The molecule has 1 aliphatic rings. The van der Waals surface area contributed by atoms with Crippen molar-refractivity contribution < 1.29 is 9.15 Å². The van der Waals surface area contributed by atoms with Crippen LogP contribution < -0.4 is 0 Å². The lowest BCUT2D eigenvalue weighted by atomic mass is 10.1. The molecule has 0 saturated carbocycles. The highest BCUT2D eigenvalue weighted by Crippen LogP contribution is 2.27. The first kappa shape index (κ1) is 15.1. The smallest absolute Gasteiger partial charge is 0.157 e. The minimum Gasteiger partial charge on any atom is -0.468 e. The van der Waals surface area contributed by atoms with Crippen molar-refractivity contribution in [3.8, 4) is 0 Å². The Morgan fingerprint density at radius 1 is 1.17 bits per heavy atom. The molecule has 0 amide bonds. The Bertz CT molecular complexity index is 780. The number of rotatable bonds is 5. The van der Waals surface area contributed by atoms with Gasteiger partial charge in [0.25, 0.3) is 0 Å². The second-order valence-electron chi connectivity index (χ2n) is 6.10. The Hall–Kier alpha value is -2.44. The van der Waals surface area contributed by atoms with Crippen molar-refractivity contribution in [2.45, 2.75) is 26.2 Å². The van der Waals surface area contributed by atoms with Gasteiger partial charge in [0.15, 0.2) is 6.23 Å². The third-order valence-electron chi connectivity index (χ3n) is 4.20. The number of hydrogen-bond acceptors (Lipinski definition) is 5. The van der Waals surface area contributed by atoms with Crippen LogP contribution in [0.25, 0.3) is 0 Å². The number of nitrogens with zero attached hydrogens (tertiary/aromatic N) is 4. The van der Waals surface area contributed by atoms with E-state index >= 15 is 0 Å². The predicted molar refractivity (Wildman–Crippen MR) is 88.1 cm³/mol. The monoisotopic (exact) mass is 324 g/mol. The summed E-state index contributed by atoms with van der Waals surface area (Å²) in [5.41, 5.74) is 3.30. The van der Waals surface area contributed by atoms with Crippen LogP contribution in [-0.4, -0.2) is 33.0 Å². The van der Waals surface area contributed by atoms with E-state index in [9.17, 15) is 0 Å². The summed E-state index contributed by atoms with van der Waals surface area (Å²) < 4.78 is 13.1. The molecule has 124 valence electrons. The van der Waals surface area contributed by atoms with Gasteiger partial charge in [0.05, 0.1) is 32.2 Å². The summed E-state index contributed by atoms with van der Waals surface area (Å²) in [7, 11) is 0. The zero-order valence-electron chi connectivity index (χ0n) is 13.6. The van der Waals surface area contributed by atoms with Gasteiger partial charge in [-0.05, 0) is 24.6 Å². The van der Waals surface area contributed by atoms with Crippen LogP contribution in [0.5, 0.6) is 0 Å². The highest BCUT2D eigenvalue weighted by Gasteiger charge is 2.29. The number of ether oxygens (including phenoxy) is 1. The van der Waals surface area contributed by atoms with Crippen molar-refractivity contribution in [2.24, 2.45) is 0 Å². The number of aromatic nitrogens is 3. The molecule has 1 unspecified atom stereocenters. The van der Waals surface area contributed by atoms with E-state index in [1.807, 2.05) is 23.0 Å². The maximum absolute atomic E-state index is 5.85. The quantitative estimate of drug-likeness (QED) is 0.722. The van der Waals surface area contributed by atoms with Crippen LogP contribution in [0.3, 0.4) is 0 Å². The molecule has 2 aromatic heterocycles. The molecule has 3 heterocycles. The number of hydrogen-bond donors (Lipinski definition) is 0. The molecule has 1 aromatic carbocycles. The van der Waals surface area contributed by atoms with E-state index in [0.29, 0.717) is 19.7 Å². The lowest BCUT2D eigenvalue weighted by Crippen LogP contribution is -2.23. The van der Waals surface area contributed by atoms with Crippen LogP contribution >= 0.6 is 0 Å². The van der Waals surface area contributed by atoms with Gasteiger partial charge in [-0.25, -0.2) is 4.68 Å². The molecule has 0 spiro atoms. The van der Waals surface area contributed by atoms with Crippen LogP contribution in [0.15, 0.2) is 53.3 Å². The summed E-state index contributed by atoms with van der Waals surface area (Å²) in [6.45, 7) is 5.05. The lowest BCUT2D eigenvalue weighted by molar-refractivity contribution is 0.0223. The van der Waals surface area contributed by atoms with Crippen LogP contribution in [0, 0.1) is 6.92 Å². The van der Waals surface area contributed by atoms with Crippen molar-refractivity contribution in [3.05, 3.63) is 71.4 Å². The van der Waals surface area contributed by atoms with E-state index in [1.165, 1.54) is 11.1 Å². The molecule has 0 radical (unpaired) electrons. The summed E-state index contributed by atoms with van der Waals surface area (Å²) in [6, 6.07) is 12.3. The maximum Gasteiger partial charge on any atom is 0.157 e. The highest BCUT2D eigenvalue weighted by atomic mass is 16.5. The van der Waals surface area contributed by atoms with Gasteiger partial charge in [-0.2, -0.15) is 0 Å². The zero-order chi connectivity index (χ0) is 16.4. The molecule has 3 aromatic rings. The highest BCUT2D eigenvalue weighted by molar-refractivity contribution is 5.21. The molecule has 1 saturated heterocycles. The summed E-state index contributed by atoms with van der Waals surface area (Å²) in [4.78, 5) is 2.21. The van der Waals surface area contributed by atoms with Gasteiger partial charge in [-0.3, -0.25) is 4.90 Å². The van der Waals surface area contributed by atoms with Crippen molar-refractivity contribution in [3.63, 3.8) is 0 Å². The third-order valence-corrected chi connectivity index (χ3v) is 4.20. The van der Waals surface area contributed by atoms with Gasteiger partial charge in [-0.1, -0.05) is 35.0 Å². The Morgan fingerprint density at radius 2 is 2.04 bits per heavy atom. The van der Waals surface area contributed by atoms with Crippen molar-refractivity contribution in [1.29, 1.82) is 0 Å². The Labute approximate surface area is 140 Å². The molecule has 24 heavy (non-hydrogen) atoms. The van der Waals surface area contributed by atoms with Gasteiger partial charge in [0.1, 0.15) is 11.5 Å². The predicted octanol–water partition coefficient (Wildman–Crippen LogP) is 2.76. The SMILES string of the molecule is Cc1ccc(Cn2cc(C3OCCN3Cc3ccco3)nn2)cc1.